The van der Waals surface area contributed by atoms with Gasteiger partial charge in [0, 0.05) is 30.6 Å². The van der Waals surface area contributed by atoms with Crippen LogP contribution in [0.15, 0.2) is 36.7 Å². The van der Waals surface area contributed by atoms with Crippen LogP contribution in [-0.4, -0.2) is 58.5 Å². The van der Waals surface area contributed by atoms with E-state index in [-0.39, 0.29) is 11.6 Å². The third-order valence-electron chi connectivity index (χ3n) is 5.01. The number of aromatic nitrogens is 3. The smallest absolute Gasteiger partial charge is 0.163 e. The second-order valence-electron chi connectivity index (χ2n) is 7.03. The molecule has 0 aliphatic carbocycles. The second kappa shape index (κ2) is 8.59. The van der Waals surface area contributed by atoms with Crippen molar-refractivity contribution >= 4 is 22.6 Å². The number of fused-ring (bicyclic) bond motifs is 1. The number of benzene rings is 1. The predicted octanol–water partition coefficient (Wildman–Crippen LogP) is 2.71. The molecule has 1 saturated heterocycles. The van der Waals surface area contributed by atoms with Crippen molar-refractivity contribution in [3.63, 3.8) is 0 Å². The van der Waals surface area contributed by atoms with E-state index in [9.17, 15) is 9.18 Å². The van der Waals surface area contributed by atoms with Crippen LogP contribution >= 0.6 is 0 Å². The van der Waals surface area contributed by atoms with Gasteiger partial charge < -0.3 is 10.5 Å². The molecule has 0 saturated carbocycles. The third-order valence-corrected chi connectivity index (χ3v) is 5.01. The molecule has 3 aromatic rings. The monoisotopic (exact) mass is 395 g/mol. The lowest BCUT2D eigenvalue weighted by Gasteiger charge is -2.26. The van der Waals surface area contributed by atoms with Crippen LogP contribution < -0.4 is 5.73 Å². The second-order valence-corrected chi connectivity index (χ2v) is 7.03. The van der Waals surface area contributed by atoms with E-state index < -0.39 is 5.82 Å². The van der Waals surface area contributed by atoms with Gasteiger partial charge in [-0.3, -0.25) is 9.69 Å². The van der Waals surface area contributed by atoms with Crippen LogP contribution in [0.5, 0.6) is 0 Å². The van der Waals surface area contributed by atoms with Crippen molar-refractivity contribution < 1.29 is 13.9 Å². The van der Waals surface area contributed by atoms with Crippen LogP contribution in [0.1, 0.15) is 23.2 Å². The Hall–Kier alpha value is -2.97. The van der Waals surface area contributed by atoms with E-state index in [0.717, 1.165) is 39.3 Å². The van der Waals surface area contributed by atoms with Crippen LogP contribution in [0.2, 0.25) is 0 Å². The number of halogens is 1. The topological polar surface area (TPSA) is 94.2 Å². The van der Waals surface area contributed by atoms with Gasteiger partial charge in [0.15, 0.2) is 11.6 Å². The minimum atomic E-state index is -0.474. The molecular weight excluding hydrogens is 373 g/mol. The van der Waals surface area contributed by atoms with Gasteiger partial charge in [0.2, 0.25) is 0 Å². The maximum absolute atomic E-state index is 14.2. The van der Waals surface area contributed by atoms with Crippen molar-refractivity contribution in [2.45, 2.75) is 12.8 Å². The van der Waals surface area contributed by atoms with Gasteiger partial charge in [0.1, 0.15) is 17.7 Å². The fourth-order valence-corrected chi connectivity index (χ4v) is 3.45. The minimum Gasteiger partial charge on any atom is -0.382 e. The van der Waals surface area contributed by atoms with E-state index in [4.69, 9.17) is 10.5 Å². The number of ether oxygens (including phenoxy) is 1. The lowest BCUT2D eigenvalue weighted by Crippen LogP contribution is -2.36. The Kier molecular flexibility index (Phi) is 5.73. The zero-order chi connectivity index (χ0) is 20.2. The molecule has 29 heavy (non-hydrogen) atoms. The fraction of sp³-hybridized carbons (Fsp3) is 0.333. The number of hydrogen-bond donors (Lipinski definition) is 1. The maximum atomic E-state index is 14.2. The molecule has 4 rings (SSSR count). The number of anilines is 1. The molecule has 2 aromatic heterocycles. The molecule has 1 aromatic carbocycles. The normalized spacial score (nSPS) is 14.9. The molecule has 0 amide bonds. The Morgan fingerprint density at radius 1 is 1.17 bits per heavy atom. The summed E-state index contributed by atoms with van der Waals surface area (Å²) in [5.74, 6) is -0.298. The number of nitrogens with two attached hydrogens (primary N) is 1. The SMILES string of the molecule is Nc1ncnc2ccc(-c3cc(F)cc(C(=O)CCCN4CCOCC4)c3)nc12. The van der Waals surface area contributed by atoms with E-state index in [1.165, 1.54) is 18.5 Å². The molecule has 150 valence electrons. The zero-order valence-electron chi connectivity index (χ0n) is 16.0. The maximum Gasteiger partial charge on any atom is 0.163 e. The number of nitrogen functional groups attached to an aromatic ring is 1. The van der Waals surface area contributed by atoms with Crippen molar-refractivity contribution in [1.29, 1.82) is 0 Å². The van der Waals surface area contributed by atoms with E-state index in [0.29, 0.717) is 34.3 Å². The first kappa shape index (κ1) is 19.4. The minimum absolute atomic E-state index is 0.0809. The molecule has 7 nitrogen and oxygen atoms in total. The first-order valence-electron chi connectivity index (χ1n) is 9.61. The molecule has 1 aliphatic heterocycles. The number of nitrogens with zero attached hydrogens (tertiary/aromatic N) is 4. The van der Waals surface area contributed by atoms with Gasteiger partial charge in [-0.1, -0.05) is 0 Å². The summed E-state index contributed by atoms with van der Waals surface area (Å²) in [6.07, 6.45) is 2.47. The Morgan fingerprint density at radius 2 is 2.00 bits per heavy atom. The molecule has 0 spiro atoms. The van der Waals surface area contributed by atoms with E-state index in [2.05, 4.69) is 19.9 Å². The molecule has 2 N–H and O–H groups in total. The summed E-state index contributed by atoms with van der Waals surface area (Å²) in [4.78, 5) is 27.4. The van der Waals surface area contributed by atoms with Gasteiger partial charge >= 0.3 is 0 Å². The number of hydrogen-bond acceptors (Lipinski definition) is 7. The summed E-state index contributed by atoms with van der Waals surface area (Å²) in [6.45, 7) is 4.07. The van der Waals surface area contributed by atoms with Gasteiger partial charge in [0.05, 0.1) is 24.4 Å². The van der Waals surface area contributed by atoms with Gasteiger partial charge in [-0.05, 0) is 43.3 Å². The molecule has 1 fully saturated rings. The average Bonchev–Trinajstić information content (AvgIpc) is 2.74. The molecular formula is C21H22FN5O2. The molecule has 0 atom stereocenters. The Bertz CT molecular complexity index is 1040. The number of carbonyl (C=O) groups excluding carboxylic acids is 1. The highest BCUT2D eigenvalue weighted by Crippen LogP contribution is 2.24. The van der Waals surface area contributed by atoms with E-state index in [1.54, 1.807) is 18.2 Å². The first-order valence-corrected chi connectivity index (χ1v) is 9.61. The predicted molar refractivity (Wildman–Crippen MR) is 108 cm³/mol. The van der Waals surface area contributed by atoms with Crippen LogP contribution in [-0.2, 0) is 4.74 Å². The summed E-state index contributed by atoms with van der Waals surface area (Å²) in [6, 6.07) is 7.80. The van der Waals surface area contributed by atoms with Crippen molar-refractivity contribution in [3.8, 4) is 11.3 Å². The van der Waals surface area contributed by atoms with E-state index >= 15 is 0 Å². The highest BCUT2D eigenvalue weighted by molar-refractivity contribution is 5.97. The van der Waals surface area contributed by atoms with Gasteiger partial charge in [0.25, 0.3) is 0 Å². The molecule has 0 bridgehead atoms. The van der Waals surface area contributed by atoms with Crippen molar-refractivity contribution in [3.05, 3.63) is 48.0 Å². The van der Waals surface area contributed by atoms with Crippen LogP contribution in [0, 0.1) is 5.82 Å². The summed E-state index contributed by atoms with van der Waals surface area (Å²) in [5.41, 5.74) is 8.32. The number of ketones is 1. The van der Waals surface area contributed by atoms with Crippen molar-refractivity contribution in [1.82, 2.24) is 19.9 Å². The summed E-state index contributed by atoms with van der Waals surface area (Å²) >= 11 is 0. The number of Topliss-reactive ketones (excluding diaryl/α,β-unsaturated/α-hetero) is 1. The molecule has 1 aliphatic rings. The molecule has 8 heteroatoms. The van der Waals surface area contributed by atoms with E-state index in [1.807, 2.05) is 0 Å². The summed E-state index contributed by atoms with van der Waals surface area (Å²) in [5, 5.41) is 0. The third kappa shape index (κ3) is 4.55. The largest absolute Gasteiger partial charge is 0.382 e. The Morgan fingerprint density at radius 3 is 2.83 bits per heavy atom. The van der Waals surface area contributed by atoms with Crippen LogP contribution in [0.4, 0.5) is 10.2 Å². The Balaban J connectivity index is 1.51. The number of pyridine rings is 1. The fourth-order valence-electron chi connectivity index (χ4n) is 3.45. The van der Waals surface area contributed by atoms with Crippen LogP contribution in [0.3, 0.4) is 0 Å². The quantitative estimate of drug-likeness (QED) is 0.641. The summed E-state index contributed by atoms with van der Waals surface area (Å²) < 4.78 is 19.6. The first-order chi connectivity index (χ1) is 14.1. The highest BCUT2D eigenvalue weighted by atomic mass is 19.1. The van der Waals surface area contributed by atoms with Crippen molar-refractivity contribution in [2.24, 2.45) is 0 Å². The standard InChI is InChI=1S/C21H22FN5O2/c22-16-11-14(17-3-4-18-20(26-17)21(23)25-13-24-18)10-15(12-16)19(28)2-1-5-27-6-8-29-9-7-27/h3-4,10-13H,1-2,5-9H2,(H2,23,24,25). The molecule has 0 unspecified atom stereocenters. The average molecular weight is 395 g/mol. The lowest BCUT2D eigenvalue weighted by molar-refractivity contribution is 0.0371. The Labute approximate surface area is 167 Å². The van der Waals surface area contributed by atoms with Gasteiger partial charge in [-0.15, -0.1) is 0 Å². The lowest BCUT2D eigenvalue weighted by atomic mass is 10.0. The highest BCUT2D eigenvalue weighted by Gasteiger charge is 2.14. The molecule has 3 heterocycles. The number of morpholine rings is 1. The van der Waals surface area contributed by atoms with Crippen molar-refractivity contribution in [2.75, 3.05) is 38.6 Å². The number of carbonyl (C=O) groups is 1. The van der Waals surface area contributed by atoms with Gasteiger partial charge in [-0.25, -0.2) is 19.3 Å². The summed E-state index contributed by atoms with van der Waals surface area (Å²) in [7, 11) is 0. The van der Waals surface area contributed by atoms with Crippen LogP contribution in [0.25, 0.3) is 22.3 Å². The number of rotatable bonds is 6. The zero-order valence-corrected chi connectivity index (χ0v) is 16.0. The molecule has 0 radical (unpaired) electrons. The van der Waals surface area contributed by atoms with Gasteiger partial charge in [-0.2, -0.15) is 0 Å².